The van der Waals surface area contributed by atoms with Crippen LogP contribution in [0.1, 0.15) is 31.7 Å². The van der Waals surface area contributed by atoms with Crippen molar-refractivity contribution in [3.63, 3.8) is 0 Å². The highest BCUT2D eigenvalue weighted by molar-refractivity contribution is 9.10. The average molecular weight is 341 g/mol. The van der Waals surface area contributed by atoms with Crippen molar-refractivity contribution < 1.29 is 5.11 Å². The zero-order valence-electron chi connectivity index (χ0n) is 11.5. The summed E-state index contributed by atoms with van der Waals surface area (Å²) in [6, 6.07) is -0.0504. The maximum atomic E-state index is 10.2. The summed E-state index contributed by atoms with van der Waals surface area (Å²) in [5.74, 6) is 0.596. The van der Waals surface area contributed by atoms with Crippen LogP contribution in [0.4, 0.5) is 5.95 Å². The van der Waals surface area contributed by atoms with Crippen molar-refractivity contribution in [2.45, 2.75) is 37.8 Å². The van der Waals surface area contributed by atoms with Gasteiger partial charge in [0.25, 0.3) is 0 Å². The Morgan fingerprint density at radius 1 is 1.25 bits per heavy atom. The molecule has 1 N–H and O–H groups in total. The van der Waals surface area contributed by atoms with Gasteiger partial charge in [-0.15, -0.1) is 5.10 Å². The molecule has 1 aliphatic carbocycles. The van der Waals surface area contributed by atoms with Crippen LogP contribution in [0.25, 0.3) is 11.2 Å². The molecule has 0 aliphatic heterocycles. The van der Waals surface area contributed by atoms with Crippen LogP contribution in [0.2, 0.25) is 0 Å². The van der Waals surface area contributed by atoms with E-state index in [4.69, 9.17) is 0 Å². The fraction of sp³-hybridized carbons (Fsp3) is 0.667. The average Bonchev–Trinajstić information content (AvgIpc) is 2.83. The zero-order valence-corrected chi connectivity index (χ0v) is 13.1. The van der Waals surface area contributed by atoms with Crippen molar-refractivity contribution in [2.75, 3.05) is 19.0 Å². The molecule has 1 fully saturated rings. The number of aromatic nitrogens is 5. The Morgan fingerprint density at radius 3 is 2.70 bits per heavy atom. The molecular formula is C12H17BrN6O. The summed E-state index contributed by atoms with van der Waals surface area (Å²) in [7, 11) is 3.77. The van der Waals surface area contributed by atoms with E-state index < -0.39 is 0 Å². The quantitative estimate of drug-likeness (QED) is 0.835. The summed E-state index contributed by atoms with van der Waals surface area (Å²) in [5.41, 5.74) is 1.30. The summed E-state index contributed by atoms with van der Waals surface area (Å²) >= 11 is 3.41. The maximum absolute atomic E-state index is 10.2. The van der Waals surface area contributed by atoms with Crippen LogP contribution >= 0.6 is 15.9 Å². The molecule has 0 saturated heterocycles. The second-order valence-electron chi connectivity index (χ2n) is 5.33. The van der Waals surface area contributed by atoms with E-state index in [0.717, 1.165) is 25.7 Å². The molecular weight excluding hydrogens is 324 g/mol. The van der Waals surface area contributed by atoms with Gasteiger partial charge in [0.1, 0.15) is 4.60 Å². The lowest BCUT2D eigenvalue weighted by Crippen LogP contribution is -2.28. The number of hydrogen-bond donors (Lipinski definition) is 1. The minimum absolute atomic E-state index is 0.0504. The fourth-order valence-electron chi connectivity index (χ4n) is 2.59. The van der Waals surface area contributed by atoms with Crippen molar-refractivity contribution >= 4 is 33.0 Å². The van der Waals surface area contributed by atoms with Gasteiger partial charge >= 0.3 is 0 Å². The van der Waals surface area contributed by atoms with E-state index in [2.05, 4.69) is 36.2 Å². The first-order chi connectivity index (χ1) is 9.58. The normalized spacial score (nSPS) is 23.2. The molecule has 0 aromatic carbocycles. The molecule has 1 saturated carbocycles. The summed E-state index contributed by atoms with van der Waals surface area (Å²) in [6.45, 7) is 0. The highest BCUT2D eigenvalue weighted by Crippen LogP contribution is 2.31. The molecule has 0 radical (unpaired) electrons. The van der Waals surface area contributed by atoms with Gasteiger partial charge in [-0.2, -0.15) is 4.98 Å². The van der Waals surface area contributed by atoms with E-state index in [-0.39, 0.29) is 12.1 Å². The largest absolute Gasteiger partial charge is 0.391 e. The molecule has 1 aliphatic rings. The second-order valence-corrected chi connectivity index (χ2v) is 6.09. The van der Waals surface area contributed by atoms with E-state index in [0.29, 0.717) is 21.7 Å². The molecule has 2 atom stereocenters. The summed E-state index contributed by atoms with van der Waals surface area (Å²) < 4.78 is 2.38. The molecule has 3 rings (SSSR count). The number of nitrogens with zero attached hydrogens (tertiary/aromatic N) is 6. The van der Waals surface area contributed by atoms with E-state index in [1.165, 1.54) is 0 Å². The number of aliphatic hydroxyl groups excluding tert-OH is 1. The number of fused-ring (bicyclic) bond motifs is 1. The smallest absolute Gasteiger partial charge is 0.228 e. The van der Waals surface area contributed by atoms with E-state index in [1.54, 1.807) is 4.68 Å². The number of hydrogen-bond acceptors (Lipinski definition) is 6. The molecule has 0 amide bonds. The predicted octanol–water partition coefficient (Wildman–Crippen LogP) is 1.53. The SMILES string of the molecule is CN(C)c1nc(Br)c2nnn([C@H]3CCCC[C@H]3O)c2n1. The third-order valence-corrected chi connectivity index (χ3v) is 4.23. The Bertz CT molecular complexity index is 628. The maximum Gasteiger partial charge on any atom is 0.228 e. The molecule has 8 heteroatoms. The standard InChI is InChI=1S/C12H17BrN6O/c1-18(2)12-14-10(13)9-11(15-12)19(17-16-9)7-5-3-4-6-8(7)20/h7-8,20H,3-6H2,1-2H3/t7-,8+/m0/s1. The molecule has 0 bridgehead atoms. The van der Waals surface area contributed by atoms with Crippen molar-refractivity contribution in [3.8, 4) is 0 Å². The van der Waals surface area contributed by atoms with Gasteiger partial charge in [0, 0.05) is 14.1 Å². The topological polar surface area (TPSA) is 80.0 Å². The number of aliphatic hydroxyl groups is 1. The number of rotatable bonds is 2. The molecule has 7 nitrogen and oxygen atoms in total. The van der Waals surface area contributed by atoms with E-state index in [9.17, 15) is 5.11 Å². The van der Waals surface area contributed by atoms with Crippen LogP contribution < -0.4 is 4.90 Å². The number of halogens is 1. The molecule has 2 heterocycles. The van der Waals surface area contributed by atoms with E-state index in [1.807, 2.05) is 19.0 Å². The van der Waals surface area contributed by atoms with Gasteiger partial charge in [-0.25, -0.2) is 9.67 Å². The first-order valence-corrected chi connectivity index (χ1v) is 7.51. The third kappa shape index (κ3) is 2.26. The van der Waals surface area contributed by atoms with Gasteiger partial charge in [0.15, 0.2) is 11.2 Å². The second kappa shape index (κ2) is 5.25. The van der Waals surface area contributed by atoms with Crippen LogP contribution in [0.15, 0.2) is 4.60 Å². The van der Waals surface area contributed by atoms with Crippen molar-refractivity contribution in [1.82, 2.24) is 25.0 Å². The summed E-state index contributed by atoms with van der Waals surface area (Å²) in [5, 5.41) is 18.5. The Hall–Kier alpha value is -1.28. The first kappa shape index (κ1) is 13.7. The Balaban J connectivity index is 2.11. The highest BCUT2D eigenvalue weighted by Gasteiger charge is 2.28. The van der Waals surface area contributed by atoms with Crippen molar-refractivity contribution in [2.24, 2.45) is 0 Å². The minimum Gasteiger partial charge on any atom is -0.391 e. The Labute approximate surface area is 125 Å². The van der Waals surface area contributed by atoms with Crippen molar-refractivity contribution in [3.05, 3.63) is 4.60 Å². The Kier molecular flexibility index (Phi) is 3.59. The zero-order chi connectivity index (χ0) is 14.3. The fourth-order valence-corrected chi connectivity index (χ4v) is 3.00. The molecule has 108 valence electrons. The van der Waals surface area contributed by atoms with Gasteiger partial charge in [-0.3, -0.25) is 0 Å². The van der Waals surface area contributed by atoms with Gasteiger partial charge in [0.05, 0.1) is 12.1 Å². The van der Waals surface area contributed by atoms with E-state index >= 15 is 0 Å². The minimum atomic E-state index is -0.384. The molecule has 20 heavy (non-hydrogen) atoms. The van der Waals surface area contributed by atoms with Crippen LogP contribution in [0.3, 0.4) is 0 Å². The molecule has 2 aromatic heterocycles. The van der Waals surface area contributed by atoms with Crippen LogP contribution in [-0.4, -0.2) is 50.3 Å². The van der Waals surface area contributed by atoms with Crippen LogP contribution in [-0.2, 0) is 0 Å². The molecule has 0 spiro atoms. The van der Waals surface area contributed by atoms with Gasteiger partial charge in [-0.1, -0.05) is 18.1 Å². The Morgan fingerprint density at radius 2 is 2.00 bits per heavy atom. The van der Waals surface area contributed by atoms with Crippen molar-refractivity contribution in [1.29, 1.82) is 0 Å². The monoisotopic (exact) mass is 340 g/mol. The lowest BCUT2D eigenvalue weighted by Gasteiger charge is -2.27. The predicted molar refractivity (Wildman–Crippen MR) is 78.7 cm³/mol. The van der Waals surface area contributed by atoms with Crippen LogP contribution in [0, 0.1) is 0 Å². The highest BCUT2D eigenvalue weighted by atomic mass is 79.9. The number of anilines is 1. The first-order valence-electron chi connectivity index (χ1n) is 6.71. The summed E-state index contributed by atoms with van der Waals surface area (Å²) in [4.78, 5) is 10.7. The third-order valence-electron chi connectivity index (χ3n) is 3.68. The lowest BCUT2D eigenvalue weighted by molar-refractivity contribution is 0.0703. The van der Waals surface area contributed by atoms with Gasteiger partial charge < -0.3 is 10.0 Å². The molecule has 0 unspecified atom stereocenters. The van der Waals surface area contributed by atoms with Gasteiger partial charge in [-0.05, 0) is 28.8 Å². The summed E-state index contributed by atoms with van der Waals surface area (Å²) in [6.07, 6.45) is 3.48. The van der Waals surface area contributed by atoms with Crippen LogP contribution in [0.5, 0.6) is 0 Å². The molecule has 2 aromatic rings. The lowest BCUT2D eigenvalue weighted by atomic mass is 9.93. The van der Waals surface area contributed by atoms with Gasteiger partial charge in [0.2, 0.25) is 5.95 Å².